The highest BCUT2D eigenvalue weighted by atomic mass is 28.4. The van der Waals surface area contributed by atoms with Crippen molar-refractivity contribution < 1.29 is 14.3 Å². The lowest BCUT2D eigenvalue weighted by molar-refractivity contribution is 0.0145. The van der Waals surface area contributed by atoms with E-state index in [1.807, 2.05) is 0 Å². The molecule has 1 saturated heterocycles. The summed E-state index contributed by atoms with van der Waals surface area (Å²) in [6, 6.07) is 0. The molecule has 0 aliphatic carbocycles. The number of hydrogen-bond acceptors (Lipinski definition) is 4. The van der Waals surface area contributed by atoms with Crippen molar-refractivity contribution in [1.82, 2.24) is 4.90 Å². The third-order valence-corrected chi connectivity index (χ3v) is 9.05. The molecule has 0 spiro atoms. The van der Waals surface area contributed by atoms with Crippen LogP contribution in [0.4, 0.5) is 0 Å². The second-order valence-corrected chi connectivity index (χ2v) is 12.0. The lowest BCUT2D eigenvalue weighted by Gasteiger charge is -2.41. The van der Waals surface area contributed by atoms with Crippen LogP contribution in [0, 0.1) is 0 Å². The lowest BCUT2D eigenvalue weighted by Crippen LogP contribution is -2.48. The van der Waals surface area contributed by atoms with E-state index in [0.717, 1.165) is 45.7 Å². The minimum absolute atomic E-state index is 0.232. The van der Waals surface area contributed by atoms with Gasteiger partial charge in [0.05, 0.1) is 19.3 Å². The topological polar surface area (TPSA) is 41.9 Å². The van der Waals surface area contributed by atoms with E-state index >= 15 is 0 Å². The van der Waals surface area contributed by atoms with Gasteiger partial charge < -0.3 is 14.3 Å². The van der Waals surface area contributed by atoms with Crippen molar-refractivity contribution in [2.75, 3.05) is 39.5 Å². The Labute approximate surface area is 125 Å². The van der Waals surface area contributed by atoms with E-state index in [-0.39, 0.29) is 17.7 Å². The Balaban J connectivity index is 2.58. The Bertz CT molecular complexity index is 273. The first-order valence-electron chi connectivity index (χ1n) is 7.85. The molecule has 0 saturated carbocycles. The maximum atomic E-state index is 9.10. The fourth-order valence-corrected chi connectivity index (χ4v) is 3.55. The normalized spacial score (nSPS) is 20.1. The fraction of sp³-hybridized carbons (Fsp3) is 1.00. The molecule has 0 radical (unpaired) electrons. The van der Waals surface area contributed by atoms with Crippen LogP contribution in [-0.2, 0) is 9.16 Å². The Morgan fingerprint density at radius 2 is 1.85 bits per heavy atom. The number of rotatable bonds is 7. The molecule has 1 aliphatic heterocycles. The first-order valence-corrected chi connectivity index (χ1v) is 10.8. The summed E-state index contributed by atoms with van der Waals surface area (Å²) in [6.07, 6.45) is 2.01. The predicted molar refractivity (Wildman–Crippen MR) is 85.6 cm³/mol. The summed E-state index contributed by atoms with van der Waals surface area (Å²) < 4.78 is 12.0. The highest BCUT2D eigenvalue weighted by molar-refractivity contribution is 6.74. The third kappa shape index (κ3) is 5.82. The van der Waals surface area contributed by atoms with Crippen LogP contribution in [0.15, 0.2) is 0 Å². The van der Waals surface area contributed by atoms with Gasteiger partial charge in [0.2, 0.25) is 0 Å². The lowest BCUT2D eigenvalue weighted by atomic mass is 10.2. The molecule has 1 unspecified atom stereocenters. The van der Waals surface area contributed by atoms with Crippen LogP contribution in [0.2, 0.25) is 18.1 Å². The summed E-state index contributed by atoms with van der Waals surface area (Å²) in [6.45, 7) is 16.3. The summed E-state index contributed by atoms with van der Waals surface area (Å²) in [5.41, 5.74) is 0. The van der Waals surface area contributed by atoms with Crippen LogP contribution >= 0.6 is 0 Å². The van der Waals surface area contributed by atoms with E-state index < -0.39 is 8.32 Å². The van der Waals surface area contributed by atoms with Crippen LogP contribution < -0.4 is 0 Å². The molecule has 5 heteroatoms. The SMILES string of the molecule is CC(C)(C)[Si](C)(C)OC(CCCO)CN1CCOCC1. The molecule has 0 amide bonds. The molecule has 20 heavy (non-hydrogen) atoms. The van der Waals surface area contributed by atoms with Crippen molar-refractivity contribution in [3.8, 4) is 0 Å². The van der Waals surface area contributed by atoms with Gasteiger partial charge >= 0.3 is 0 Å². The summed E-state index contributed by atoms with van der Waals surface area (Å²) in [7, 11) is -1.74. The van der Waals surface area contributed by atoms with Crippen LogP contribution in [0.5, 0.6) is 0 Å². The average Bonchev–Trinajstić information content (AvgIpc) is 2.35. The summed E-state index contributed by atoms with van der Waals surface area (Å²) in [5, 5.41) is 9.33. The van der Waals surface area contributed by atoms with Gasteiger partial charge in [-0.2, -0.15) is 0 Å². The molecule has 1 aliphatic rings. The molecule has 0 bridgehead atoms. The second kappa shape index (κ2) is 7.89. The van der Waals surface area contributed by atoms with E-state index in [9.17, 15) is 0 Å². The first-order chi connectivity index (χ1) is 9.26. The number of hydrogen-bond donors (Lipinski definition) is 1. The van der Waals surface area contributed by atoms with E-state index in [4.69, 9.17) is 14.3 Å². The molecular weight excluding hydrogens is 270 g/mol. The number of aliphatic hydroxyl groups is 1. The standard InChI is InChI=1S/C15H33NO3Si/c1-15(2,3)20(4,5)19-14(7-6-10-17)13-16-8-11-18-12-9-16/h14,17H,6-13H2,1-5H3. The molecule has 1 N–H and O–H groups in total. The quantitative estimate of drug-likeness (QED) is 0.734. The summed E-state index contributed by atoms with van der Waals surface area (Å²) in [5.74, 6) is 0. The van der Waals surface area contributed by atoms with Gasteiger partial charge in [-0.3, -0.25) is 4.90 Å². The number of nitrogens with zero attached hydrogens (tertiary/aromatic N) is 1. The molecule has 0 aromatic rings. The van der Waals surface area contributed by atoms with E-state index in [1.165, 1.54) is 0 Å². The van der Waals surface area contributed by atoms with Gasteiger partial charge in [0.15, 0.2) is 8.32 Å². The number of aliphatic hydroxyl groups excluding tert-OH is 1. The third-order valence-electron chi connectivity index (χ3n) is 4.52. The Morgan fingerprint density at radius 3 is 2.35 bits per heavy atom. The number of ether oxygens (including phenoxy) is 1. The Hall–Kier alpha value is 0.0569. The molecular formula is C15H33NO3Si. The van der Waals surface area contributed by atoms with E-state index in [0.29, 0.717) is 0 Å². The van der Waals surface area contributed by atoms with Gasteiger partial charge in [0.25, 0.3) is 0 Å². The fourth-order valence-electron chi connectivity index (χ4n) is 2.17. The minimum atomic E-state index is -1.74. The summed E-state index contributed by atoms with van der Waals surface area (Å²) >= 11 is 0. The molecule has 1 heterocycles. The molecule has 1 rings (SSSR count). The zero-order valence-corrected chi connectivity index (χ0v) is 14.9. The average molecular weight is 304 g/mol. The largest absolute Gasteiger partial charge is 0.413 e. The Kier molecular flexibility index (Phi) is 7.15. The Morgan fingerprint density at radius 1 is 1.25 bits per heavy atom. The second-order valence-electron chi connectivity index (χ2n) is 7.28. The predicted octanol–water partition coefficient (Wildman–Crippen LogP) is 2.48. The van der Waals surface area contributed by atoms with Crippen LogP contribution in [0.1, 0.15) is 33.6 Å². The zero-order chi connectivity index (χ0) is 15.2. The van der Waals surface area contributed by atoms with Gasteiger partial charge in [-0.05, 0) is 31.0 Å². The van der Waals surface area contributed by atoms with Gasteiger partial charge in [0.1, 0.15) is 0 Å². The van der Waals surface area contributed by atoms with Gasteiger partial charge in [-0.15, -0.1) is 0 Å². The zero-order valence-electron chi connectivity index (χ0n) is 13.9. The van der Waals surface area contributed by atoms with Crippen molar-refractivity contribution in [2.24, 2.45) is 0 Å². The van der Waals surface area contributed by atoms with Crippen LogP contribution in [0.3, 0.4) is 0 Å². The first kappa shape index (κ1) is 18.1. The maximum absolute atomic E-state index is 9.10. The van der Waals surface area contributed by atoms with Crippen molar-refractivity contribution in [3.05, 3.63) is 0 Å². The van der Waals surface area contributed by atoms with Crippen molar-refractivity contribution in [3.63, 3.8) is 0 Å². The van der Waals surface area contributed by atoms with Gasteiger partial charge in [-0.25, -0.2) is 0 Å². The molecule has 1 fully saturated rings. The monoisotopic (exact) mass is 303 g/mol. The molecule has 0 aromatic carbocycles. The molecule has 120 valence electrons. The van der Waals surface area contributed by atoms with Crippen LogP contribution in [-0.4, -0.2) is 63.9 Å². The van der Waals surface area contributed by atoms with Gasteiger partial charge in [-0.1, -0.05) is 20.8 Å². The molecule has 1 atom stereocenters. The van der Waals surface area contributed by atoms with Gasteiger partial charge in [0, 0.05) is 26.2 Å². The molecule has 0 aromatic heterocycles. The van der Waals surface area contributed by atoms with E-state index in [2.05, 4.69) is 38.8 Å². The smallest absolute Gasteiger partial charge is 0.192 e. The maximum Gasteiger partial charge on any atom is 0.192 e. The van der Waals surface area contributed by atoms with Crippen molar-refractivity contribution >= 4 is 8.32 Å². The number of morpholine rings is 1. The minimum Gasteiger partial charge on any atom is -0.413 e. The highest BCUT2D eigenvalue weighted by Crippen LogP contribution is 2.37. The molecule has 4 nitrogen and oxygen atoms in total. The van der Waals surface area contributed by atoms with Crippen molar-refractivity contribution in [1.29, 1.82) is 0 Å². The summed E-state index contributed by atoms with van der Waals surface area (Å²) in [4.78, 5) is 2.43. The van der Waals surface area contributed by atoms with E-state index in [1.54, 1.807) is 0 Å². The van der Waals surface area contributed by atoms with Crippen molar-refractivity contribution in [2.45, 2.75) is 57.8 Å². The highest BCUT2D eigenvalue weighted by Gasteiger charge is 2.39. The van der Waals surface area contributed by atoms with Crippen LogP contribution in [0.25, 0.3) is 0 Å².